The van der Waals surface area contributed by atoms with Gasteiger partial charge in [0.1, 0.15) is 0 Å². The van der Waals surface area contributed by atoms with Gasteiger partial charge in [0.05, 0.1) is 10.9 Å². The minimum atomic E-state index is -0.413. The van der Waals surface area contributed by atoms with E-state index in [0.29, 0.717) is 16.7 Å². The zero-order chi connectivity index (χ0) is 20.3. The summed E-state index contributed by atoms with van der Waals surface area (Å²) in [6, 6.07) is 22.9. The molecular weight excluding hydrogens is 368 g/mol. The first kappa shape index (κ1) is 19.8. The smallest absolute Gasteiger partial charge is 0.166 e. The predicted octanol–water partition coefficient (Wildman–Crippen LogP) is 5.39. The summed E-state index contributed by atoms with van der Waals surface area (Å²) in [5.41, 5.74) is 2.02. The van der Waals surface area contributed by atoms with Crippen LogP contribution in [-0.2, 0) is 10.9 Å². The van der Waals surface area contributed by atoms with Crippen molar-refractivity contribution in [2.75, 3.05) is 0 Å². The Bertz CT molecular complexity index is 880. The van der Waals surface area contributed by atoms with Crippen LogP contribution in [0.2, 0.25) is 0 Å². The number of hydrogen-bond acceptors (Lipinski definition) is 3. The van der Waals surface area contributed by atoms with Gasteiger partial charge in [-0.15, -0.1) is 0 Å². The van der Waals surface area contributed by atoms with Crippen molar-refractivity contribution in [3.05, 3.63) is 89.5 Å². The molecule has 0 bridgehead atoms. The maximum atomic E-state index is 11.6. The van der Waals surface area contributed by atoms with Crippen LogP contribution in [0.4, 0.5) is 0 Å². The first-order chi connectivity index (χ1) is 13.4. The molecule has 0 saturated carbocycles. The van der Waals surface area contributed by atoms with Gasteiger partial charge in [-0.25, -0.2) is 0 Å². The fourth-order valence-corrected chi connectivity index (χ4v) is 4.93. The van der Waals surface area contributed by atoms with E-state index in [-0.39, 0.29) is 17.3 Å². The summed E-state index contributed by atoms with van der Waals surface area (Å²) < 4.78 is 0. The summed E-state index contributed by atoms with van der Waals surface area (Å²) in [5.74, 6) is 0.0918. The summed E-state index contributed by atoms with van der Waals surface area (Å²) in [6.45, 7) is 4.65. The fraction of sp³-hybridized carbons (Fsp3) is 0.125. The van der Waals surface area contributed by atoms with Gasteiger partial charge in [-0.1, -0.05) is 0 Å². The third-order valence-electron chi connectivity index (χ3n) is 4.49. The molecule has 3 aromatic rings. The quantitative estimate of drug-likeness (QED) is 0.419. The average molecular weight is 389 g/mol. The third kappa shape index (κ3) is 4.29. The van der Waals surface area contributed by atoms with E-state index in [0.717, 1.165) is 14.7 Å². The second kappa shape index (κ2) is 8.36. The van der Waals surface area contributed by atoms with E-state index in [4.69, 9.17) is 0 Å². The molecule has 0 saturated heterocycles. The summed E-state index contributed by atoms with van der Waals surface area (Å²) in [7, 11) is -0.413. The molecule has 0 aromatic heterocycles. The third-order valence-corrected chi connectivity index (χ3v) is 6.72. The Morgan fingerprint density at radius 2 is 0.679 bits per heavy atom. The Morgan fingerprint density at radius 1 is 0.464 bits per heavy atom. The maximum absolute atomic E-state index is 11.6. The van der Waals surface area contributed by atoms with Gasteiger partial charge in [-0.3, -0.25) is 14.4 Å². The number of Topliss-reactive ketones (excluding diaryl/α,β-unsaturated/α-hetero) is 3. The van der Waals surface area contributed by atoms with Crippen LogP contribution >= 0.6 is 0 Å². The van der Waals surface area contributed by atoms with E-state index < -0.39 is 10.9 Å². The molecule has 0 aliphatic rings. The normalized spacial score (nSPS) is 10.7. The van der Waals surface area contributed by atoms with Gasteiger partial charge < -0.3 is 0 Å². The Kier molecular flexibility index (Phi) is 5.90. The van der Waals surface area contributed by atoms with Crippen LogP contribution in [-0.4, -0.2) is 17.3 Å². The number of carbonyl (C=O) groups excluding carboxylic acids is 3. The van der Waals surface area contributed by atoms with E-state index >= 15 is 0 Å². The van der Waals surface area contributed by atoms with Gasteiger partial charge in [0.15, 0.2) is 32.0 Å². The highest BCUT2D eigenvalue weighted by Gasteiger charge is 2.29. The number of rotatable bonds is 6. The minimum Gasteiger partial charge on any atom is -0.295 e. The lowest BCUT2D eigenvalue weighted by Crippen LogP contribution is -2.06. The Labute approximate surface area is 167 Å². The van der Waals surface area contributed by atoms with Crippen LogP contribution in [0.3, 0.4) is 0 Å². The van der Waals surface area contributed by atoms with Crippen molar-refractivity contribution in [1.82, 2.24) is 0 Å². The highest BCUT2D eigenvalue weighted by Crippen LogP contribution is 2.32. The molecular formula is C24H21O3S+. The van der Waals surface area contributed by atoms with E-state index in [1.54, 1.807) is 20.8 Å². The van der Waals surface area contributed by atoms with Gasteiger partial charge in [0.2, 0.25) is 0 Å². The highest BCUT2D eigenvalue weighted by atomic mass is 32.2. The maximum Gasteiger partial charge on any atom is 0.166 e. The van der Waals surface area contributed by atoms with Crippen LogP contribution in [0.5, 0.6) is 0 Å². The average Bonchev–Trinajstić information content (AvgIpc) is 2.69. The van der Waals surface area contributed by atoms with Crippen molar-refractivity contribution in [2.45, 2.75) is 35.5 Å². The van der Waals surface area contributed by atoms with Crippen LogP contribution in [0.15, 0.2) is 87.5 Å². The molecule has 0 heterocycles. The topological polar surface area (TPSA) is 51.2 Å². The Hall–Kier alpha value is -2.98. The monoisotopic (exact) mass is 389 g/mol. The molecule has 3 nitrogen and oxygen atoms in total. The summed E-state index contributed by atoms with van der Waals surface area (Å²) in [6.07, 6.45) is 0. The van der Waals surface area contributed by atoms with Gasteiger partial charge in [-0.2, -0.15) is 0 Å². The van der Waals surface area contributed by atoms with Crippen molar-refractivity contribution in [2.24, 2.45) is 0 Å². The van der Waals surface area contributed by atoms with Crippen molar-refractivity contribution >= 4 is 28.2 Å². The van der Waals surface area contributed by atoms with Crippen LogP contribution in [0.25, 0.3) is 0 Å². The molecule has 140 valence electrons. The molecule has 0 aliphatic heterocycles. The van der Waals surface area contributed by atoms with Crippen molar-refractivity contribution in [3.8, 4) is 0 Å². The van der Waals surface area contributed by atoms with Crippen LogP contribution in [0, 0.1) is 0 Å². The Morgan fingerprint density at radius 3 is 0.857 bits per heavy atom. The lowest BCUT2D eigenvalue weighted by Gasteiger charge is -2.09. The molecule has 0 atom stereocenters. The predicted molar refractivity (Wildman–Crippen MR) is 112 cm³/mol. The molecule has 3 aromatic carbocycles. The van der Waals surface area contributed by atoms with E-state index in [1.165, 1.54) is 0 Å². The molecule has 3 rings (SSSR count). The molecule has 0 aliphatic carbocycles. The molecule has 0 unspecified atom stereocenters. The van der Waals surface area contributed by atoms with Crippen molar-refractivity contribution < 1.29 is 14.4 Å². The van der Waals surface area contributed by atoms with Crippen molar-refractivity contribution in [1.29, 1.82) is 0 Å². The van der Waals surface area contributed by atoms with Crippen LogP contribution in [0.1, 0.15) is 51.8 Å². The summed E-state index contributed by atoms with van der Waals surface area (Å²) >= 11 is 0. The molecule has 0 N–H and O–H groups in total. The highest BCUT2D eigenvalue weighted by molar-refractivity contribution is 7.97. The molecule has 0 spiro atoms. The molecule has 0 fully saturated rings. The van der Waals surface area contributed by atoms with Gasteiger partial charge in [0.25, 0.3) is 0 Å². The number of benzene rings is 3. The first-order valence-corrected chi connectivity index (χ1v) is 10.2. The number of ketones is 3. The van der Waals surface area contributed by atoms with Gasteiger partial charge in [-0.05, 0) is 93.6 Å². The second-order valence-corrected chi connectivity index (χ2v) is 8.57. The molecule has 28 heavy (non-hydrogen) atoms. The second-order valence-electron chi connectivity index (χ2n) is 6.55. The minimum absolute atomic E-state index is 0.0306. The molecule has 4 heteroatoms. The molecule has 0 amide bonds. The van der Waals surface area contributed by atoms with E-state index in [2.05, 4.69) is 0 Å². The van der Waals surface area contributed by atoms with Crippen molar-refractivity contribution in [3.63, 3.8) is 0 Å². The van der Waals surface area contributed by atoms with E-state index in [9.17, 15) is 14.4 Å². The number of carbonyl (C=O) groups is 3. The fourth-order valence-electron chi connectivity index (χ4n) is 2.89. The molecule has 0 radical (unpaired) electrons. The summed E-state index contributed by atoms with van der Waals surface area (Å²) in [4.78, 5) is 38.0. The zero-order valence-electron chi connectivity index (χ0n) is 16.1. The lowest BCUT2D eigenvalue weighted by atomic mass is 10.1. The van der Waals surface area contributed by atoms with E-state index in [1.807, 2.05) is 72.8 Å². The zero-order valence-corrected chi connectivity index (χ0v) is 16.9. The Balaban J connectivity index is 2.08. The lowest BCUT2D eigenvalue weighted by molar-refractivity contribution is 0.100. The standard InChI is InChI=1S/C24H21O3S/c1-16(25)19-4-10-22(11-5-19)28(23-12-6-20(7-13-23)17(2)26)24-14-8-21(9-15-24)18(3)27/h4-15H,1-3H3/q+1. The van der Waals surface area contributed by atoms with Gasteiger partial charge in [0, 0.05) is 16.7 Å². The summed E-state index contributed by atoms with van der Waals surface area (Å²) in [5, 5.41) is 0. The van der Waals surface area contributed by atoms with Gasteiger partial charge >= 0.3 is 0 Å². The first-order valence-electron chi connectivity index (χ1n) is 8.94. The largest absolute Gasteiger partial charge is 0.295 e. The van der Waals surface area contributed by atoms with Crippen LogP contribution < -0.4 is 0 Å². The number of hydrogen-bond donors (Lipinski definition) is 0. The SMILES string of the molecule is CC(=O)c1ccc([S+](c2ccc(C(C)=O)cc2)c2ccc(C(C)=O)cc2)cc1.